The van der Waals surface area contributed by atoms with Crippen LogP contribution in [0.4, 0.5) is 5.69 Å². The third kappa shape index (κ3) is 4.88. The van der Waals surface area contributed by atoms with Crippen molar-refractivity contribution >= 4 is 17.3 Å². The van der Waals surface area contributed by atoms with E-state index in [1.54, 1.807) is 11.0 Å². The fourth-order valence-electron chi connectivity index (χ4n) is 4.70. The number of rotatable bonds is 10. The molecule has 32 heavy (non-hydrogen) atoms. The lowest BCUT2D eigenvalue weighted by Gasteiger charge is -2.32. The average molecular weight is 434 g/mol. The van der Waals surface area contributed by atoms with Crippen LogP contribution < -0.4 is 10.2 Å². The molecule has 5 nitrogen and oxygen atoms in total. The minimum absolute atomic E-state index is 0.0672. The smallest absolute Gasteiger partial charge is 0.259 e. The summed E-state index contributed by atoms with van der Waals surface area (Å²) in [6.07, 6.45) is 7.45. The zero-order valence-electron chi connectivity index (χ0n) is 19.3. The Morgan fingerprint density at radius 3 is 2.78 bits per heavy atom. The van der Waals surface area contributed by atoms with Crippen molar-refractivity contribution in [3.8, 4) is 5.75 Å². The number of fused-ring (bicyclic) bond motifs is 1. The first-order valence-electron chi connectivity index (χ1n) is 12.0. The molecule has 1 heterocycles. The zero-order chi connectivity index (χ0) is 22.7. The Bertz CT molecular complexity index is 996. The fourth-order valence-corrected chi connectivity index (χ4v) is 4.70. The van der Waals surface area contributed by atoms with Crippen LogP contribution in [-0.2, 0) is 19.5 Å². The van der Waals surface area contributed by atoms with Gasteiger partial charge in [0.1, 0.15) is 5.75 Å². The topological polar surface area (TPSA) is 76.4 Å². The lowest BCUT2D eigenvalue weighted by molar-refractivity contribution is 0.0996. The summed E-state index contributed by atoms with van der Waals surface area (Å²) < 4.78 is 0. The molecule has 2 aliphatic rings. The number of carbonyl (C=O) groups is 1. The molecule has 1 aliphatic heterocycles. The maximum atomic E-state index is 13.2. The summed E-state index contributed by atoms with van der Waals surface area (Å²) in [5.41, 5.74) is 4.84. The fraction of sp³-hybridized carbons (Fsp3) is 0.481. The highest BCUT2D eigenvalue weighted by molar-refractivity contribution is 6.10. The summed E-state index contributed by atoms with van der Waals surface area (Å²) in [5, 5.41) is 22.4. The van der Waals surface area contributed by atoms with Gasteiger partial charge >= 0.3 is 0 Å². The normalized spacial score (nSPS) is 16.7. The predicted molar refractivity (Wildman–Crippen MR) is 130 cm³/mol. The van der Waals surface area contributed by atoms with E-state index in [4.69, 9.17) is 5.41 Å². The monoisotopic (exact) mass is 433 g/mol. The number of nitrogens with one attached hydrogen (secondary N) is 2. The first-order chi connectivity index (χ1) is 15.5. The van der Waals surface area contributed by atoms with Gasteiger partial charge in [-0.3, -0.25) is 4.79 Å². The highest BCUT2D eigenvalue weighted by atomic mass is 16.3. The summed E-state index contributed by atoms with van der Waals surface area (Å²) in [4.78, 5) is 15.0. The van der Waals surface area contributed by atoms with Gasteiger partial charge in [-0.05, 0) is 73.9 Å². The molecule has 3 N–H and O–H groups in total. The van der Waals surface area contributed by atoms with Crippen LogP contribution in [-0.4, -0.2) is 22.8 Å². The highest BCUT2D eigenvalue weighted by Crippen LogP contribution is 2.35. The number of anilines is 1. The van der Waals surface area contributed by atoms with Crippen molar-refractivity contribution in [1.82, 2.24) is 5.32 Å². The molecule has 0 saturated heterocycles. The minimum atomic E-state index is -0.0672. The van der Waals surface area contributed by atoms with Crippen LogP contribution in [0, 0.1) is 11.3 Å². The lowest BCUT2D eigenvalue weighted by Crippen LogP contribution is -2.36. The van der Waals surface area contributed by atoms with E-state index >= 15 is 0 Å². The van der Waals surface area contributed by atoms with Gasteiger partial charge in [-0.15, -0.1) is 0 Å². The second-order valence-corrected chi connectivity index (χ2v) is 9.45. The molecule has 2 aromatic rings. The lowest BCUT2D eigenvalue weighted by atomic mass is 9.80. The van der Waals surface area contributed by atoms with Crippen molar-refractivity contribution in [3.63, 3.8) is 0 Å². The van der Waals surface area contributed by atoms with Crippen molar-refractivity contribution < 1.29 is 9.90 Å². The Balaban J connectivity index is 1.46. The maximum Gasteiger partial charge on any atom is 0.259 e. The first-order valence-corrected chi connectivity index (χ1v) is 12.0. The van der Waals surface area contributed by atoms with Gasteiger partial charge in [0.05, 0.1) is 6.54 Å². The molecule has 0 bridgehead atoms. The Morgan fingerprint density at radius 1 is 1.25 bits per heavy atom. The first kappa shape index (κ1) is 22.5. The number of nitrogens with zero attached hydrogens (tertiary/aromatic N) is 1. The van der Waals surface area contributed by atoms with E-state index in [-0.39, 0.29) is 11.7 Å². The number of hydrogen-bond acceptors (Lipinski definition) is 4. The molecular weight excluding hydrogens is 398 g/mol. The third-order valence-corrected chi connectivity index (χ3v) is 7.03. The number of phenolic OH excluding ortho intramolecular Hbond substituents is 1. The second-order valence-electron chi connectivity index (χ2n) is 9.45. The van der Waals surface area contributed by atoms with E-state index in [1.807, 2.05) is 30.3 Å². The SMILES string of the molecule is CCCCC(=N)Cc1cccc(N2Cc3c(O)cc(CNC(C)C4CCC4)cc3C2=O)c1. The molecule has 170 valence electrons. The minimum Gasteiger partial charge on any atom is -0.508 e. The van der Waals surface area contributed by atoms with Gasteiger partial charge in [-0.2, -0.15) is 0 Å². The molecule has 1 fully saturated rings. The van der Waals surface area contributed by atoms with E-state index < -0.39 is 0 Å². The summed E-state index contributed by atoms with van der Waals surface area (Å²) in [5.74, 6) is 0.872. The number of aromatic hydroxyl groups is 1. The Kier molecular flexibility index (Phi) is 6.95. The van der Waals surface area contributed by atoms with Gasteiger partial charge in [0.2, 0.25) is 0 Å². The number of carbonyl (C=O) groups excluding carboxylic acids is 1. The van der Waals surface area contributed by atoms with Gasteiger partial charge in [0.15, 0.2) is 0 Å². The molecule has 1 atom stereocenters. The van der Waals surface area contributed by atoms with Crippen molar-refractivity contribution in [2.24, 2.45) is 5.92 Å². The van der Waals surface area contributed by atoms with Crippen LogP contribution >= 0.6 is 0 Å². The van der Waals surface area contributed by atoms with Crippen molar-refractivity contribution in [3.05, 3.63) is 58.7 Å². The third-order valence-electron chi connectivity index (χ3n) is 7.03. The van der Waals surface area contributed by atoms with Crippen LogP contribution in [0.5, 0.6) is 5.75 Å². The molecular formula is C27H35N3O2. The summed E-state index contributed by atoms with van der Waals surface area (Å²) in [7, 11) is 0. The number of phenols is 1. The van der Waals surface area contributed by atoms with Crippen LogP contribution in [0.2, 0.25) is 0 Å². The molecule has 0 spiro atoms. The number of hydrogen-bond donors (Lipinski definition) is 3. The predicted octanol–water partition coefficient (Wildman–Crippen LogP) is 5.58. The summed E-state index contributed by atoms with van der Waals surface area (Å²) >= 11 is 0. The average Bonchev–Trinajstić information content (AvgIpc) is 3.07. The van der Waals surface area contributed by atoms with Gasteiger partial charge in [0.25, 0.3) is 5.91 Å². The van der Waals surface area contributed by atoms with E-state index in [9.17, 15) is 9.90 Å². The van der Waals surface area contributed by atoms with Gasteiger partial charge in [-0.25, -0.2) is 0 Å². The van der Waals surface area contributed by atoms with E-state index in [2.05, 4.69) is 19.2 Å². The number of amides is 1. The van der Waals surface area contributed by atoms with Gasteiger partial charge in [0, 0.05) is 41.5 Å². The second kappa shape index (κ2) is 9.86. The molecule has 1 unspecified atom stereocenters. The molecule has 1 saturated carbocycles. The molecule has 2 aromatic carbocycles. The van der Waals surface area contributed by atoms with Crippen LogP contribution in [0.1, 0.15) is 79.4 Å². The Hall–Kier alpha value is -2.66. The molecule has 1 aliphatic carbocycles. The molecule has 5 heteroatoms. The van der Waals surface area contributed by atoms with Crippen LogP contribution in [0.3, 0.4) is 0 Å². The standard InChI is InChI=1S/C27H35N3O2/c1-3-4-10-22(28)12-19-7-5-11-23(13-19)30-17-25-24(27(30)32)14-20(15-26(25)31)16-29-18(2)21-8-6-9-21/h5,7,11,13-15,18,21,28-29,31H,3-4,6,8-10,12,16-17H2,1-2H3. The van der Waals surface area contributed by atoms with Crippen LogP contribution in [0.15, 0.2) is 36.4 Å². The van der Waals surface area contributed by atoms with Crippen molar-refractivity contribution in [2.75, 3.05) is 4.90 Å². The van der Waals surface area contributed by atoms with E-state index in [1.165, 1.54) is 19.3 Å². The van der Waals surface area contributed by atoms with Gasteiger partial charge in [-0.1, -0.05) is 31.9 Å². The number of unbranched alkanes of at least 4 members (excludes halogenated alkanes) is 1. The van der Waals surface area contributed by atoms with Crippen molar-refractivity contribution in [2.45, 2.75) is 77.9 Å². The van der Waals surface area contributed by atoms with E-state index in [0.717, 1.165) is 47.7 Å². The zero-order valence-corrected chi connectivity index (χ0v) is 19.3. The quantitative estimate of drug-likeness (QED) is 0.428. The Morgan fingerprint density at radius 2 is 2.06 bits per heavy atom. The van der Waals surface area contributed by atoms with Gasteiger partial charge < -0.3 is 20.7 Å². The maximum absolute atomic E-state index is 13.2. The molecule has 0 radical (unpaired) electrons. The van der Waals surface area contributed by atoms with Crippen molar-refractivity contribution in [1.29, 1.82) is 5.41 Å². The van der Waals surface area contributed by atoms with E-state index in [0.29, 0.717) is 36.7 Å². The largest absolute Gasteiger partial charge is 0.508 e. The number of benzene rings is 2. The highest BCUT2D eigenvalue weighted by Gasteiger charge is 2.31. The summed E-state index contributed by atoms with van der Waals surface area (Å²) in [6, 6.07) is 12.1. The molecule has 4 rings (SSSR count). The Labute approximate surface area is 191 Å². The molecule has 1 amide bonds. The van der Waals surface area contributed by atoms with Crippen LogP contribution in [0.25, 0.3) is 0 Å². The molecule has 0 aromatic heterocycles. The summed E-state index contributed by atoms with van der Waals surface area (Å²) in [6.45, 7) is 5.39.